The second-order valence-corrected chi connectivity index (χ2v) is 9.50. The molecule has 6 amide bonds. The molecule has 170 valence electrons. The zero-order valence-electron chi connectivity index (χ0n) is 18.1. The maximum absolute atomic E-state index is 12.9. The quantitative estimate of drug-likeness (QED) is 0.606. The first-order valence-electron chi connectivity index (χ1n) is 11.5. The highest BCUT2D eigenvalue weighted by Crippen LogP contribution is 2.33. The number of hydrogen-bond donors (Lipinski definition) is 3. The molecule has 3 fully saturated rings. The van der Waals surface area contributed by atoms with E-state index < -0.39 is 11.6 Å². The van der Waals surface area contributed by atoms with Gasteiger partial charge in [0.2, 0.25) is 5.91 Å². The van der Waals surface area contributed by atoms with Gasteiger partial charge in [-0.2, -0.15) is 0 Å². The van der Waals surface area contributed by atoms with Crippen LogP contribution in [0, 0.1) is 5.92 Å². The van der Waals surface area contributed by atoms with Gasteiger partial charge in [0.05, 0.1) is 0 Å². The number of nitrogens with zero attached hydrogens (tertiary/aromatic N) is 2. The van der Waals surface area contributed by atoms with Gasteiger partial charge < -0.3 is 20.4 Å². The van der Waals surface area contributed by atoms with Crippen LogP contribution in [0.5, 0.6) is 0 Å². The molecule has 5 rings (SSSR count). The van der Waals surface area contributed by atoms with E-state index in [0.717, 1.165) is 37.1 Å². The van der Waals surface area contributed by atoms with Crippen molar-refractivity contribution in [1.82, 2.24) is 20.4 Å². The third-order valence-electron chi connectivity index (χ3n) is 6.97. The Bertz CT molecular complexity index is 975. The third kappa shape index (κ3) is 4.16. The first-order valence-corrected chi connectivity index (χ1v) is 11.5. The van der Waals surface area contributed by atoms with Crippen LogP contribution in [-0.4, -0.2) is 65.4 Å². The summed E-state index contributed by atoms with van der Waals surface area (Å²) >= 11 is 0. The van der Waals surface area contributed by atoms with Crippen molar-refractivity contribution >= 4 is 29.6 Å². The molecule has 2 heterocycles. The fourth-order valence-electron chi connectivity index (χ4n) is 5.00. The average molecular weight is 440 g/mol. The lowest BCUT2D eigenvalue weighted by molar-refractivity contribution is -0.124. The van der Waals surface area contributed by atoms with Gasteiger partial charge in [-0.05, 0) is 67.7 Å². The summed E-state index contributed by atoms with van der Waals surface area (Å²) in [5.74, 6) is 0.149. The predicted octanol–water partition coefficient (Wildman–Crippen LogP) is 1.62. The SMILES string of the molecule is O=C(CN1CCCCN(CC2CC2)C1=O)Nc1ccc2c(c1)CCC1(C2)NC(=O)NC1=O. The molecule has 1 atom stereocenters. The van der Waals surface area contributed by atoms with Gasteiger partial charge in [0.25, 0.3) is 5.91 Å². The van der Waals surface area contributed by atoms with Gasteiger partial charge in [0.1, 0.15) is 12.1 Å². The number of rotatable bonds is 5. The van der Waals surface area contributed by atoms with Crippen LogP contribution in [0.4, 0.5) is 15.3 Å². The first kappa shape index (κ1) is 20.8. The van der Waals surface area contributed by atoms with Gasteiger partial charge in [-0.3, -0.25) is 14.9 Å². The lowest BCUT2D eigenvalue weighted by Crippen LogP contribution is -2.51. The van der Waals surface area contributed by atoms with Crippen LogP contribution < -0.4 is 16.0 Å². The molecule has 2 aliphatic carbocycles. The van der Waals surface area contributed by atoms with Gasteiger partial charge >= 0.3 is 12.1 Å². The number of carbonyl (C=O) groups is 4. The summed E-state index contributed by atoms with van der Waals surface area (Å²) < 4.78 is 0. The third-order valence-corrected chi connectivity index (χ3v) is 6.97. The highest BCUT2D eigenvalue weighted by molar-refractivity contribution is 6.07. The molecule has 9 nitrogen and oxygen atoms in total. The van der Waals surface area contributed by atoms with Crippen molar-refractivity contribution in [3.8, 4) is 0 Å². The van der Waals surface area contributed by atoms with Crippen LogP contribution in [0.2, 0.25) is 0 Å². The van der Waals surface area contributed by atoms with Crippen LogP contribution in [0.1, 0.15) is 43.2 Å². The molecule has 0 bridgehead atoms. The van der Waals surface area contributed by atoms with Crippen LogP contribution in [-0.2, 0) is 22.4 Å². The number of anilines is 1. The second-order valence-electron chi connectivity index (χ2n) is 9.50. The maximum Gasteiger partial charge on any atom is 0.322 e. The van der Waals surface area contributed by atoms with Gasteiger partial charge in [0, 0.05) is 31.7 Å². The van der Waals surface area contributed by atoms with E-state index in [1.54, 1.807) is 4.90 Å². The van der Waals surface area contributed by atoms with E-state index in [9.17, 15) is 19.2 Å². The summed E-state index contributed by atoms with van der Waals surface area (Å²) in [5.41, 5.74) is 1.87. The normalized spacial score (nSPS) is 25.3. The largest absolute Gasteiger partial charge is 0.325 e. The van der Waals surface area contributed by atoms with Crippen LogP contribution in [0.15, 0.2) is 18.2 Å². The average Bonchev–Trinajstić information content (AvgIpc) is 3.55. The van der Waals surface area contributed by atoms with Crippen molar-refractivity contribution in [3.05, 3.63) is 29.3 Å². The molecule has 1 aromatic carbocycles. The molecule has 2 aliphatic heterocycles. The summed E-state index contributed by atoms with van der Waals surface area (Å²) in [4.78, 5) is 52.9. The van der Waals surface area contributed by atoms with E-state index in [4.69, 9.17) is 0 Å². The summed E-state index contributed by atoms with van der Waals surface area (Å²) in [6.45, 7) is 2.24. The van der Waals surface area contributed by atoms with E-state index >= 15 is 0 Å². The predicted molar refractivity (Wildman–Crippen MR) is 117 cm³/mol. The van der Waals surface area contributed by atoms with Gasteiger partial charge in [-0.15, -0.1) is 0 Å². The first-order chi connectivity index (χ1) is 15.4. The fraction of sp³-hybridized carbons (Fsp3) is 0.565. The van der Waals surface area contributed by atoms with Crippen LogP contribution in [0.3, 0.4) is 0 Å². The standard InChI is InChI=1S/C23H29N5O4/c29-19(14-28-10-2-1-9-27(22(28)32)13-15-3-4-15)24-18-6-5-17-12-23(8-7-16(17)11-18)20(30)25-21(31)26-23/h5-6,11,15H,1-4,7-10,12-14H2,(H,24,29)(H2,25,26,30,31). The number of aryl methyl sites for hydroxylation is 1. The van der Waals surface area contributed by atoms with Crippen LogP contribution >= 0.6 is 0 Å². The molecule has 0 radical (unpaired) electrons. The smallest absolute Gasteiger partial charge is 0.322 e. The number of carbonyl (C=O) groups excluding carboxylic acids is 4. The summed E-state index contributed by atoms with van der Waals surface area (Å²) in [7, 11) is 0. The van der Waals surface area contributed by atoms with Crippen molar-refractivity contribution in [2.45, 2.75) is 50.5 Å². The number of nitrogens with one attached hydrogen (secondary N) is 3. The van der Waals surface area contributed by atoms with Crippen LogP contribution in [0.25, 0.3) is 0 Å². The Hall–Kier alpha value is -3.10. The van der Waals surface area contributed by atoms with E-state index in [-0.39, 0.29) is 24.4 Å². The number of amides is 6. The molecule has 1 spiro atoms. The zero-order chi connectivity index (χ0) is 22.3. The van der Waals surface area contributed by atoms with Gasteiger partial charge in [0.15, 0.2) is 0 Å². The van der Waals surface area contributed by atoms with Gasteiger partial charge in [-0.1, -0.05) is 6.07 Å². The number of hydrogen-bond acceptors (Lipinski definition) is 4. The van der Waals surface area contributed by atoms with Crippen molar-refractivity contribution in [1.29, 1.82) is 0 Å². The minimum Gasteiger partial charge on any atom is -0.325 e. The highest BCUT2D eigenvalue weighted by atomic mass is 16.2. The molecule has 32 heavy (non-hydrogen) atoms. The Labute approximate surface area is 186 Å². The molecular weight excluding hydrogens is 410 g/mol. The minimum atomic E-state index is -0.867. The molecule has 2 saturated heterocycles. The van der Waals surface area contributed by atoms with E-state index in [1.165, 1.54) is 12.8 Å². The van der Waals surface area contributed by atoms with Gasteiger partial charge in [-0.25, -0.2) is 9.59 Å². The molecule has 3 N–H and O–H groups in total. The van der Waals surface area contributed by atoms with Crippen molar-refractivity contribution in [2.24, 2.45) is 5.92 Å². The molecule has 1 aromatic rings. The number of benzene rings is 1. The minimum absolute atomic E-state index is 0.0304. The Kier molecular flexibility index (Phi) is 5.27. The lowest BCUT2D eigenvalue weighted by Gasteiger charge is -2.32. The number of imide groups is 1. The van der Waals surface area contributed by atoms with E-state index in [0.29, 0.717) is 37.4 Å². The topological polar surface area (TPSA) is 111 Å². The van der Waals surface area contributed by atoms with E-state index in [1.807, 2.05) is 23.1 Å². The number of urea groups is 2. The van der Waals surface area contributed by atoms with Crippen molar-refractivity contribution < 1.29 is 19.2 Å². The Morgan fingerprint density at radius 3 is 2.59 bits per heavy atom. The maximum atomic E-state index is 12.9. The molecule has 4 aliphatic rings. The Morgan fingerprint density at radius 1 is 1.09 bits per heavy atom. The summed E-state index contributed by atoms with van der Waals surface area (Å²) in [6, 6.07) is 5.17. The Balaban J connectivity index is 1.21. The highest BCUT2D eigenvalue weighted by Gasteiger charge is 2.47. The summed E-state index contributed by atoms with van der Waals surface area (Å²) in [5, 5.41) is 8.02. The molecule has 9 heteroatoms. The molecule has 1 unspecified atom stereocenters. The molecule has 0 aromatic heterocycles. The fourth-order valence-corrected chi connectivity index (χ4v) is 5.00. The molecule has 1 saturated carbocycles. The molecular formula is C23H29N5O4. The number of fused-ring (bicyclic) bond motifs is 1. The van der Waals surface area contributed by atoms with Crippen molar-refractivity contribution in [3.63, 3.8) is 0 Å². The zero-order valence-corrected chi connectivity index (χ0v) is 18.1. The lowest BCUT2D eigenvalue weighted by atomic mass is 9.78. The van der Waals surface area contributed by atoms with E-state index in [2.05, 4.69) is 16.0 Å². The summed E-state index contributed by atoms with van der Waals surface area (Å²) in [6.07, 6.45) is 5.86. The second kappa shape index (κ2) is 8.11. The Morgan fingerprint density at radius 2 is 1.88 bits per heavy atom. The monoisotopic (exact) mass is 439 g/mol. The van der Waals surface area contributed by atoms with Crippen molar-refractivity contribution in [2.75, 3.05) is 31.5 Å².